The van der Waals surface area contributed by atoms with Crippen molar-refractivity contribution in [3.63, 3.8) is 0 Å². The van der Waals surface area contributed by atoms with E-state index in [0.29, 0.717) is 0 Å². The first-order valence-electron chi connectivity index (χ1n) is 2.37. The van der Waals surface area contributed by atoms with Crippen LogP contribution in [0.25, 0.3) is 0 Å². The number of aldehydes is 1. The van der Waals surface area contributed by atoms with Crippen molar-refractivity contribution >= 4 is 6.29 Å². The highest BCUT2D eigenvalue weighted by atomic mass is 16.7. The van der Waals surface area contributed by atoms with Crippen LogP contribution >= 0.6 is 0 Å². The molecule has 0 rings (SSSR count). The third-order valence-corrected chi connectivity index (χ3v) is 0.640. The molecule has 0 N–H and O–H groups in total. The van der Waals surface area contributed by atoms with Crippen LogP contribution in [0.3, 0.4) is 0 Å². The highest BCUT2D eigenvalue weighted by Gasteiger charge is 1.94. The molecule has 0 saturated carbocycles. The van der Waals surface area contributed by atoms with E-state index in [9.17, 15) is 4.79 Å². The summed E-state index contributed by atoms with van der Waals surface area (Å²) < 4.78 is 9.28. The van der Waals surface area contributed by atoms with Gasteiger partial charge in [0.1, 0.15) is 19.2 Å². The monoisotopic (exact) mass is 118 g/mol. The summed E-state index contributed by atoms with van der Waals surface area (Å²) in [6, 6.07) is 0. The average Bonchev–Trinajstić information content (AvgIpc) is 1.83. The number of hydrogen-bond donors (Lipinski definition) is 0. The van der Waals surface area contributed by atoms with E-state index >= 15 is 0 Å². The summed E-state index contributed by atoms with van der Waals surface area (Å²) in [6.45, 7) is 1.84. The first-order valence-corrected chi connectivity index (χ1v) is 2.37. The minimum Gasteiger partial charge on any atom is -0.359 e. The van der Waals surface area contributed by atoms with Crippen LogP contribution < -0.4 is 0 Å². The van der Waals surface area contributed by atoms with E-state index in [-0.39, 0.29) is 12.9 Å². The third kappa shape index (κ3) is 3.77. The molecule has 3 nitrogen and oxygen atoms in total. The van der Waals surface area contributed by atoms with Gasteiger partial charge in [0.2, 0.25) is 0 Å². The van der Waals surface area contributed by atoms with Gasteiger partial charge in [0, 0.05) is 7.11 Å². The molecule has 8 heavy (non-hydrogen) atoms. The molecule has 0 amide bonds. The molecule has 0 aliphatic carbocycles. The number of rotatable bonds is 4. The van der Waals surface area contributed by atoms with Gasteiger partial charge in [-0.25, -0.2) is 0 Å². The van der Waals surface area contributed by atoms with Crippen LogP contribution in [0.15, 0.2) is 0 Å². The van der Waals surface area contributed by atoms with Gasteiger partial charge in [0.05, 0.1) is 0 Å². The summed E-state index contributed by atoms with van der Waals surface area (Å²) in [6.07, 6.45) is 0.369. The molecular weight excluding hydrogens is 108 g/mol. The number of ether oxygens (including phenoxy) is 2. The van der Waals surface area contributed by atoms with Gasteiger partial charge >= 0.3 is 0 Å². The van der Waals surface area contributed by atoms with Crippen LogP contribution in [0.1, 0.15) is 6.92 Å². The van der Waals surface area contributed by atoms with Gasteiger partial charge in [-0.2, -0.15) is 0 Å². The standard InChI is InChI=1S/C5H10O3/c1-5(3-6)8-4-7-2/h3,5H,4H2,1-2H3. The van der Waals surface area contributed by atoms with Gasteiger partial charge < -0.3 is 14.3 Å². The number of carbonyl (C=O) groups excluding carboxylic acids is 1. The lowest BCUT2D eigenvalue weighted by atomic mass is 10.5. The number of methoxy groups -OCH3 is 1. The van der Waals surface area contributed by atoms with Gasteiger partial charge in [0.15, 0.2) is 0 Å². The van der Waals surface area contributed by atoms with Gasteiger partial charge in [-0.05, 0) is 6.92 Å². The highest BCUT2D eigenvalue weighted by Crippen LogP contribution is 1.82. The van der Waals surface area contributed by atoms with Crippen molar-refractivity contribution in [3.05, 3.63) is 0 Å². The fourth-order valence-electron chi connectivity index (χ4n) is 0.215. The van der Waals surface area contributed by atoms with Crippen LogP contribution in [-0.4, -0.2) is 26.3 Å². The zero-order chi connectivity index (χ0) is 6.41. The molecule has 0 aromatic carbocycles. The van der Waals surface area contributed by atoms with E-state index in [1.807, 2.05) is 0 Å². The maximum absolute atomic E-state index is 9.83. The van der Waals surface area contributed by atoms with Crippen molar-refractivity contribution in [1.29, 1.82) is 0 Å². The van der Waals surface area contributed by atoms with Crippen LogP contribution in [0.5, 0.6) is 0 Å². The molecule has 3 heteroatoms. The molecule has 0 fully saturated rings. The number of hydrogen-bond acceptors (Lipinski definition) is 3. The van der Waals surface area contributed by atoms with E-state index in [1.165, 1.54) is 7.11 Å². The maximum atomic E-state index is 9.83. The van der Waals surface area contributed by atoms with Crippen LogP contribution in [0.4, 0.5) is 0 Å². The molecule has 0 radical (unpaired) electrons. The third-order valence-electron chi connectivity index (χ3n) is 0.640. The van der Waals surface area contributed by atoms with Crippen molar-refractivity contribution in [2.45, 2.75) is 13.0 Å². The molecule has 0 aromatic heterocycles. The van der Waals surface area contributed by atoms with Gasteiger partial charge in [0.25, 0.3) is 0 Å². The Hall–Kier alpha value is -0.410. The molecule has 0 spiro atoms. The molecule has 1 unspecified atom stereocenters. The second-order valence-electron chi connectivity index (χ2n) is 1.41. The lowest BCUT2D eigenvalue weighted by molar-refractivity contribution is -0.125. The normalized spacial score (nSPS) is 13.2. The Balaban J connectivity index is 2.98. The summed E-state index contributed by atoms with van der Waals surface area (Å²) in [7, 11) is 1.51. The fourth-order valence-corrected chi connectivity index (χ4v) is 0.215. The molecule has 0 heterocycles. The molecular formula is C5H10O3. The Morgan fingerprint density at radius 1 is 1.75 bits per heavy atom. The van der Waals surface area contributed by atoms with E-state index in [2.05, 4.69) is 4.74 Å². The van der Waals surface area contributed by atoms with Crippen molar-refractivity contribution < 1.29 is 14.3 Å². The first kappa shape index (κ1) is 7.59. The largest absolute Gasteiger partial charge is 0.359 e. The van der Waals surface area contributed by atoms with E-state index in [4.69, 9.17) is 4.74 Å². The van der Waals surface area contributed by atoms with Gasteiger partial charge in [-0.15, -0.1) is 0 Å². The minimum absolute atomic E-state index is 0.180. The zero-order valence-corrected chi connectivity index (χ0v) is 5.09. The molecule has 0 bridgehead atoms. The summed E-state index contributed by atoms with van der Waals surface area (Å²) in [4.78, 5) is 9.83. The molecule has 1 atom stereocenters. The zero-order valence-electron chi connectivity index (χ0n) is 5.09. The predicted octanol–water partition coefficient (Wildman–Crippen LogP) is 0.194. The van der Waals surface area contributed by atoms with E-state index in [1.54, 1.807) is 6.92 Å². The van der Waals surface area contributed by atoms with E-state index in [0.717, 1.165) is 6.29 Å². The average molecular weight is 118 g/mol. The molecule has 0 saturated heterocycles. The Morgan fingerprint density at radius 3 is 2.75 bits per heavy atom. The SMILES string of the molecule is COCOC(C)C=O. The van der Waals surface area contributed by atoms with E-state index < -0.39 is 0 Å². The van der Waals surface area contributed by atoms with Crippen LogP contribution in [0.2, 0.25) is 0 Å². The van der Waals surface area contributed by atoms with Crippen molar-refractivity contribution in [1.82, 2.24) is 0 Å². The summed E-state index contributed by atoms with van der Waals surface area (Å²) >= 11 is 0. The fraction of sp³-hybridized carbons (Fsp3) is 0.800. The van der Waals surface area contributed by atoms with Crippen molar-refractivity contribution in [3.8, 4) is 0 Å². The Bertz CT molecular complexity index is 62.7. The van der Waals surface area contributed by atoms with Gasteiger partial charge in [-0.3, -0.25) is 0 Å². The lowest BCUT2D eigenvalue weighted by Gasteiger charge is -2.02. The quantitative estimate of drug-likeness (QED) is 0.390. The van der Waals surface area contributed by atoms with Crippen LogP contribution in [-0.2, 0) is 14.3 Å². The summed E-state index contributed by atoms with van der Waals surface area (Å²) in [5.74, 6) is 0. The second kappa shape index (κ2) is 4.74. The number of carbonyl (C=O) groups is 1. The Labute approximate surface area is 48.6 Å². The molecule has 48 valence electrons. The first-order chi connectivity index (χ1) is 3.81. The molecule has 0 aliphatic heterocycles. The van der Waals surface area contributed by atoms with Crippen LogP contribution in [0, 0.1) is 0 Å². The van der Waals surface area contributed by atoms with Gasteiger partial charge in [-0.1, -0.05) is 0 Å². The smallest absolute Gasteiger partial charge is 0.148 e. The summed E-state index contributed by atoms with van der Waals surface area (Å²) in [5, 5.41) is 0. The predicted molar refractivity (Wildman–Crippen MR) is 28.5 cm³/mol. The Morgan fingerprint density at radius 2 is 2.38 bits per heavy atom. The lowest BCUT2D eigenvalue weighted by Crippen LogP contribution is -2.10. The second-order valence-corrected chi connectivity index (χ2v) is 1.41. The highest BCUT2D eigenvalue weighted by molar-refractivity contribution is 5.54. The van der Waals surface area contributed by atoms with Crippen molar-refractivity contribution in [2.75, 3.05) is 13.9 Å². The Kier molecular flexibility index (Phi) is 4.50. The molecule has 0 aromatic rings. The maximum Gasteiger partial charge on any atom is 0.148 e. The molecule has 0 aliphatic rings. The topological polar surface area (TPSA) is 35.5 Å². The summed E-state index contributed by atoms with van der Waals surface area (Å²) in [5.41, 5.74) is 0. The van der Waals surface area contributed by atoms with Crippen molar-refractivity contribution in [2.24, 2.45) is 0 Å². The minimum atomic E-state index is -0.352.